The fraction of sp³-hybridized carbons (Fsp3) is 0.333. The average molecular weight is 359 g/mol. The number of amides is 1. The smallest absolute Gasteiger partial charge is 0.310 e. The topological polar surface area (TPSA) is 46.9 Å². The second-order valence-corrected chi connectivity index (χ2v) is 6.54. The molecule has 1 amide bonds. The lowest BCUT2D eigenvalue weighted by Crippen LogP contribution is -2.15. The Balaban J connectivity index is 2.18. The summed E-state index contributed by atoms with van der Waals surface area (Å²) < 4.78 is 54.7. The van der Waals surface area contributed by atoms with E-state index < -0.39 is 22.8 Å². The number of aryl methyl sites for hydroxylation is 2. The highest BCUT2D eigenvalue weighted by atomic mass is 32.2. The van der Waals surface area contributed by atoms with Gasteiger partial charge in [-0.2, -0.15) is 18.3 Å². The van der Waals surface area contributed by atoms with Crippen LogP contribution < -0.4 is 5.32 Å². The van der Waals surface area contributed by atoms with E-state index in [0.29, 0.717) is 23.1 Å². The highest BCUT2D eigenvalue weighted by Crippen LogP contribution is 2.45. The van der Waals surface area contributed by atoms with Gasteiger partial charge < -0.3 is 5.32 Å². The summed E-state index contributed by atoms with van der Waals surface area (Å²) in [5, 5.41) is 6.11. The number of hydrogen-bond donors (Lipinski definition) is 1. The van der Waals surface area contributed by atoms with Crippen LogP contribution in [0.1, 0.15) is 27.6 Å². The van der Waals surface area contributed by atoms with Crippen LogP contribution in [0.15, 0.2) is 18.2 Å². The first-order chi connectivity index (χ1) is 11.2. The molecule has 1 aromatic heterocycles. The molecule has 2 heterocycles. The highest BCUT2D eigenvalue weighted by Gasteiger charge is 2.35. The lowest BCUT2D eigenvalue weighted by molar-refractivity contribution is -0.137. The Hall–Kier alpha value is -2.03. The van der Waals surface area contributed by atoms with Gasteiger partial charge in [0.2, 0.25) is 5.91 Å². The summed E-state index contributed by atoms with van der Waals surface area (Å²) in [6, 6.07) is 2.32. The Morgan fingerprint density at radius 1 is 1.38 bits per heavy atom. The molecule has 0 saturated heterocycles. The first-order valence-corrected chi connectivity index (χ1v) is 8.05. The van der Waals surface area contributed by atoms with E-state index in [1.54, 1.807) is 14.0 Å². The number of benzene rings is 1. The summed E-state index contributed by atoms with van der Waals surface area (Å²) in [4.78, 5) is 11.8. The van der Waals surface area contributed by atoms with Crippen LogP contribution in [0.5, 0.6) is 0 Å². The number of alkyl halides is 3. The first-order valence-electron chi connectivity index (χ1n) is 7.00. The SMILES string of the molecule is Cc1nn(C)c2c1[C@H](c1cc(C(F)(F)F)ccc1F)SCC(=O)N2. The number of carbonyl (C=O) groups is 1. The summed E-state index contributed by atoms with van der Waals surface area (Å²) in [5.41, 5.74) is 0.0189. The predicted octanol–water partition coefficient (Wildman–Crippen LogP) is 3.66. The van der Waals surface area contributed by atoms with Crippen LogP contribution in [-0.4, -0.2) is 21.4 Å². The molecule has 0 bridgehead atoms. The Bertz CT molecular complexity index is 816. The van der Waals surface area contributed by atoms with Crippen LogP contribution >= 0.6 is 11.8 Å². The lowest BCUT2D eigenvalue weighted by atomic mass is 10.0. The Labute approximate surface area is 139 Å². The van der Waals surface area contributed by atoms with Gasteiger partial charge in [-0.1, -0.05) is 0 Å². The van der Waals surface area contributed by atoms with E-state index in [2.05, 4.69) is 10.4 Å². The summed E-state index contributed by atoms with van der Waals surface area (Å²) in [5.74, 6) is -0.665. The fourth-order valence-electron chi connectivity index (χ4n) is 2.71. The first kappa shape index (κ1) is 16.8. The third-order valence-corrected chi connectivity index (χ3v) is 5.03. The highest BCUT2D eigenvalue weighted by molar-refractivity contribution is 8.00. The van der Waals surface area contributed by atoms with Crippen LogP contribution in [-0.2, 0) is 18.0 Å². The number of rotatable bonds is 1. The molecular weight excluding hydrogens is 346 g/mol. The van der Waals surface area contributed by atoms with E-state index in [-0.39, 0.29) is 17.2 Å². The van der Waals surface area contributed by atoms with Gasteiger partial charge in [-0.3, -0.25) is 9.48 Å². The molecule has 1 atom stereocenters. The van der Waals surface area contributed by atoms with E-state index >= 15 is 0 Å². The van der Waals surface area contributed by atoms with E-state index in [0.717, 1.165) is 23.9 Å². The third kappa shape index (κ3) is 2.88. The van der Waals surface area contributed by atoms with E-state index in [9.17, 15) is 22.4 Å². The molecule has 4 nitrogen and oxygen atoms in total. The molecule has 1 aromatic carbocycles. The maximum atomic E-state index is 14.3. The molecule has 0 spiro atoms. The maximum absolute atomic E-state index is 14.3. The standard InChI is InChI=1S/C15H13F4N3OS/c1-7-12-13(24-6-11(23)20-14(12)22(2)21-7)9-5-8(15(17,18)19)3-4-10(9)16/h3-5,13H,6H2,1-2H3,(H,20,23)/t13-/m0/s1. The van der Waals surface area contributed by atoms with Crippen molar-refractivity contribution in [1.82, 2.24) is 9.78 Å². The molecule has 0 fully saturated rings. The summed E-state index contributed by atoms with van der Waals surface area (Å²) in [6.45, 7) is 1.68. The summed E-state index contributed by atoms with van der Waals surface area (Å²) in [6.07, 6.45) is -4.57. The van der Waals surface area contributed by atoms with Crippen LogP contribution in [0.25, 0.3) is 0 Å². The molecule has 0 saturated carbocycles. The summed E-state index contributed by atoms with van der Waals surface area (Å²) >= 11 is 1.08. The molecule has 9 heteroatoms. The monoisotopic (exact) mass is 359 g/mol. The predicted molar refractivity (Wildman–Crippen MR) is 82.3 cm³/mol. The minimum absolute atomic E-state index is 0.00840. The van der Waals surface area contributed by atoms with E-state index in [1.807, 2.05) is 0 Å². The second-order valence-electron chi connectivity index (χ2n) is 5.44. The molecule has 128 valence electrons. The van der Waals surface area contributed by atoms with Gasteiger partial charge in [0.15, 0.2) is 0 Å². The van der Waals surface area contributed by atoms with Crippen molar-refractivity contribution in [2.24, 2.45) is 7.05 Å². The zero-order valence-corrected chi connectivity index (χ0v) is 13.6. The molecule has 3 rings (SSSR count). The van der Waals surface area contributed by atoms with Crippen LogP contribution in [0, 0.1) is 12.7 Å². The zero-order valence-electron chi connectivity index (χ0n) is 12.7. The normalized spacial score (nSPS) is 18.1. The van der Waals surface area contributed by atoms with E-state index in [4.69, 9.17) is 0 Å². The van der Waals surface area contributed by atoms with Gasteiger partial charge in [0.1, 0.15) is 11.6 Å². The molecule has 1 N–H and O–H groups in total. The molecular formula is C15H13F4N3OS. The third-order valence-electron chi connectivity index (χ3n) is 3.78. The number of hydrogen-bond acceptors (Lipinski definition) is 3. The van der Waals surface area contributed by atoms with E-state index in [1.165, 1.54) is 4.68 Å². The van der Waals surface area contributed by atoms with Crippen LogP contribution in [0.3, 0.4) is 0 Å². The number of aromatic nitrogens is 2. The van der Waals surface area contributed by atoms with Crippen molar-refractivity contribution in [1.29, 1.82) is 0 Å². The molecule has 0 radical (unpaired) electrons. The van der Waals surface area contributed by atoms with Crippen molar-refractivity contribution in [2.75, 3.05) is 11.1 Å². The molecule has 0 aliphatic carbocycles. The fourth-order valence-corrected chi connectivity index (χ4v) is 3.91. The Morgan fingerprint density at radius 3 is 2.75 bits per heavy atom. The van der Waals surface area contributed by atoms with Crippen molar-refractivity contribution in [2.45, 2.75) is 18.3 Å². The zero-order chi connectivity index (χ0) is 17.6. The molecule has 0 unspecified atom stereocenters. The largest absolute Gasteiger partial charge is 0.416 e. The van der Waals surface area contributed by atoms with Crippen LogP contribution in [0.2, 0.25) is 0 Å². The average Bonchev–Trinajstić information content (AvgIpc) is 2.66. The number of anilines is 1. The Morgan fingerprint density at radius 2 is 2.08 bits per heavy atom. The number of halogens is 4. The van der Waals surface area contributed by atoms with Crippen LogP contribution in [0.4, 0.5) is 23.4 Å². The van der Waals surface area contributed by atoms with Crippen molar-refractivity contribution < 1.29 is 22.4 Å². The van der Waals surface area contributed by atoms with Gasteiger partial charge >= 0.3 is 6.18 Å². The van der Waals surface area contributed by atoms with Crippen molar-refractivity contribution in [3.8, 4) is 0 Å². The number of thioether (sulfide) groups is 1. The maximum Gasteiger partial charge on any atom is 0.416 e. The van der Waals surface area contributed by atoms with Gasteiger partial charge in [0.05, 0.1) is 22.3 Å². The van der Waals surface area contributed by atoms with Gasteiger partial charge in [-0.05, 0) is 25.1 Å². The number of fused-ring (bicyclic) bond motifs is 1. The van der Waals surface area contributed by atoms with Crippen molar-refractivity contribution >= 4 is 23.5 Å². The van der Waals surface area contributed by atoms with Gasteiger partial charge in [0.25, 0.3) is 0 Å². The molecule has 1 aliphatic heterocycles. The number of carbonyl (C=O) groups excluding carboxylic acids is 1. The Kier molecular flexibility index (Phi) is 4.06. The molecule has 2 aromatic rings. The van der Waals surface area contributed by atoms with Gasteiger partial charge in [-0.15, -0.1) is 11.8 Å². The van der Waals surface area contributed by atoms with Crippen molar-refractivity contribution in [3.63, 3.8) is 0 Å². The molecule has 1 aliphatic rings. The van der Waals surface area contributed by atoms with Gasteiger partial charge in [-0.25, -0.2) is 4.39 Å². The quantitative estimate of drug-likeness (QED) is 0.791. The number of nitrogens with zero attached hydrogens (tertiary/aromatic N) is 2. The second kappa shape index (κ2) is 5.80. The molecule has 24 heavy (non-hydrogen) atoms. The van der Waals surface area contributed by atoms with Crippen molar-refractivity contribution in [3.05, 3.63) is 46.4 Å². The minimum atomic E-state index is -4.57. The number of nitrogens with one attached hydrogen (secondary N) is 1. The lowest BCUT2D eigenvalue weighted by Gasteiger charge is -2.18. The van der Waals surface area contributed by atoms with Gasteiger partial charge in [0, 0.05) is 18.2 Å². The summed E-state index contributed by atoms with van der Waals surface area (Å²) in [7, 11) is 1.61. The minimum Gasteiger partial charge on any atom is -0.310 e.